The van der Waals surface area contributed by atoms with E-state index in [-0.39, 0.29) is 17.9 Å². The Hall–Kier alpha value is -2.45. The minimum atomic E-state index is -0.529. The van der Waals surface area contributed by atoms with Crippen LogP contribution < -0.4 is 10.1 Å². The maximum absolute atomic E-state index is 13.8. The Labute approximate surface area is 134 Å². The lowest BCUT2D eigenvalue weighted by Gasteiger charge is -2.22. The number of piperidine rings is 1. The molecule has 1 N–H and O–H groups in total. The van der Waals surface area contributed by atoms with Gasteiger partial charge in [-0.05, 0) is 56.3 Å². The highest BCUT2D eigenvalue weighted by Gasteiger charge is 2.16. The van der Waals surface area contributed by atoms with Gasteiger partial charge in [-0.3, -0.25) is 4.98 Å². The van der Waals surface area contributed by atoms with Crippen molar-refractivity contribution in [1.82, 2.24) is 10.3 Å². The Morgan fingerprint density at radius 1 is 1.26 bits per heavy atom. The van der Waals surface area contributed by atoms with E-state index >= 15 is 0 Å². The van der Waals surface area contributed by atoms with Crippen LogP contribution in [0.5, 0.6) is 5.75 Å². The molecule has 1 aromatic carbocycles. The number of benzene rings is 1. The molecule has 1 fully saturated rings. The summed E-state index contributed by atoms with van der Waals surface area (Å²) in [6.45, 7) is 2.24. The number of hydrogen-bond acceptors (Lipinski definition) is 4. The highest BCUT2D eigenvalue weighted by atomic mass is 19.1. The van der Waals surface area contributed by atoms with Crippen LogP contribution in [0.4, 0.5) is 4.39 Å². The van der Waals surface area contributed by atoms with E-state index in [0.29, 0.717) is 5.92 Å². The van der Waals surface area contributed by atoms with E-state index in [2.05, 4.69) is 10.3 Å². The molecular weight excluding hydrogens is 293 g/mol. The summed E-state index contributed by atoms with van der Waals surface area (Å²) in [5, 5.41) is 12.1. The molecule has 0 aliphatic carbocycles. The molecule has 2 aromatic rings. The quantitative estimate of drug-likeness (QED) is 0.942. The molecular formula is C18H18FN3O. The predicted octanol–water partition coefficient (Wildman–Crippen LogP) is 3.14. The van der Waals surface area contributed by atoms with Crippen LogP contribution in [0.3, 0.4) is 0 Å². The van der Waals surface area contributed by atoms with Crippen LogP contribution in [0.15, 0.2) is 36.4 Å². The molecule has 2 heterocycles. The predicted molar refractivity (Wildman–Crippen MR) is 84.5 cm³/mol. The zero-order valence-corrected chi connectivity index (χ0v) is 12.8. The second-order valence-corrected chi connectivity index (χ2v) is 5.62. The molecule has 23 heavy (non-hydrogen) atoms. The Morgan fingerprint density at radius 3 is 2.83 bits per heavy atom. The summed E-state index contributed by atoms with van der Waals surface area (Å²) in [7, 11) is 0. The van der Waals surface area contributed by atoms with E-state index in [0.717, 1.165) is 37.3 Å². The van der Waals surface area contributed by atoms with Crippen molar-refractivity contribution in [2.75, 3.05) is 13.1 Å². The second kappa shape index (κ2) is 7.21. The average molecular weight is 311 g/mol. The van der Waals surface area contributed by atoms with Gasteiger partial charge >= 0.3 is 0 Å². The molecule has 0 atom stereocenters. The molecule has 1 aliphatic heterocycles. The summed E-state index contributed by atoms with van der Waals surface area (Å²) in [6.07, 6.45) is 2.17. The Bertz CT molecular complexity index is 720. The molecule has 0 bridgehead atoms. The molecule has 5 heteroatoms. The molecule has 3 rings (SSSR count). The van der Waals surface area contributed by atoms with Gasteiger partial charge in [0.1, 0.15) is 6.61 Å². The van der Waals surface area contributed by atoms with Crippen LogP contribution in [-0.2, 0) is 6.61 Å². The Balaban J connectivity index is 1.67. The van der Waals surface area contributed by atoms with Crippen LogP contribution in [0, 0.1) is 17.1 Å². The normalized spacial score (nSPS) is 15.1. The molecule has 1 saturated heterocycles. The van der Waals surface area contributed by atoms with E-state index in [4.69, 9.17) is 10.00 Å². The van der Waals surface area contributed by atoms with Crippen molar-refractivity contribution in [1.29, 1.82) is 5.26 Å². The van der Waals surface area contributed by atoms with E-state index in [1.807, 2.05) is 24.3 Å². The number of halogens is 1. The van der Waals surface area contributed by atoms with Crippen LogP contribution in [0.1, 0.15) is 35.7 Å². The fourth-order valence-corrected chi connectivity index (χ4v) is 2.76. The van der Waals surface area contributed by atoms with Crippen molar-refractivity contribution in [3.8, 4) is 11.8 Å². The first-order valence-electron chi connectivity index (χ1n) is 7.75. The van der Waals surface area contributed by atoms with Gasteiger partial charge in [0.15, 0.2) is 11.6 Å². The van der Waals surface area contributed by atoms with Gasteiger partial charge < -0.3 is 10.1 Å². The molecule has 0 spiro atoms. The van der Waals surface area contributed by atoms with Crippen molar-refractivity contribution in [2.24, 2.45) is 0 Å². The fourth-order valence-electron chi connectivity index (χ4n) is 2.76. The summed E-state index contributed by atoms with van der Waals surface area (Å²) >= 11 is 0. The molecule has 0 saturated carbocycles. The van der Waals surface area contributed by atoms with Crippen molar-refractivity contribution in [3.05, 3.63) is 59.2 Å². The number of nitrogens with zero attached hydrogens (tertiary/aromatic N) is 2. The summed E-state index contributed by atoms with van der Waals surface area (Å²) in [4.78, 5) is 4.65. The molecule has 1 aliphatic rings. The fraction of sp³-hybridized carbons (Fsp3) is 0.333. The van der Waals surface area contributed by atoms with Crippen LogP contribution in [0.25, 0.3) is 0 Å². The summed E-state index contributed by atoms with van der Waals surface area (Å²) in [6, 6.07) is 12.0. The van der Waals surface area contributed by atoms with Gasteiger partial charge in [-0.15, -0.1) is 0 Å². The summed E-state index contributed by atoms with van der Waals surface area (Å²) in [5.74, 6) is 0.0828. The second-order valence-electron chi connectivity index (χ2n) is 5.62. The minimum Gasteiger partial charge on any atom is -0.484 e. The molecule has 0 radical (unpaired) electrons. The number of aromatic nitrogens is 1. The molecule has 1 aromatic heterocycles. The highest BCUT2D eigenvalue weighted by molar-refractivity contribution is 5.36. The Kier molecular flexibility index (Phi) is 4.84. The SMILES string of the molecule is N#Cc1ccc(OCc2cccc(C3CCNCC3)n2)c(F)c1. The lowest BCUT2D eigenvalue weighted by Crippen LogP contribution is -2.27. The zero-order chi connectivity index (χ0) is 16.1. The molecule has 0 unspecified atom stereocenters. The van der Waals surface area contributed by atoms with Crippen molar-refractivity contribution in [3.63, 3.8) is 0 Å². The third kappa shape index (κ3) is 3.85. The number of nitrogens with one attached hydrogen (secondary N) is 1. The van der Waals surface area contributed by atoms with Gasteiger partial charge in [-0.25, -0.2) is 4.39 Å². The van der Waals surface area contributed by atoms with E-state index < -0.39 is 5.82 Å². The topological polar surface area (TPSA) is 57.9 Å². The summed E-state index contributed by atoms with van der Waals surface area (Å²) in [5.41, 5.74) is 2.14. The van der Waals surface area contributed by atoms with Gasteiger partial charge in [-0.2, -0.15) is 5.26 Å². The molecule has 0 amide bonds. The first kappa shape index (κ1) is 15.4. The monoisotopic (exact) mass is 311 g/mol. The van der Waals surface area contributed by atoms with Crippen molar-refractivity contribution < 1.29 is 9.13 Å². The van der Waals surface area contributed by atoms with Crippen molar-refractivity contribution in [2.45, 2.75) is 25.4 Å². The number of pyridine rings is 1. The maximum atomic E-state index is 13.8. The third-order valence-electron chi connectivity index (χ3n) is 4.02. The van der Waals surface area contributed by atoms with Gasteiger partial charge in [0, 0.05) is 11.6 Å². The van der Waals surface area contributed by atoms with Crippen molar-refractivity contribution >= 4 is 0 Å². The van der Waals surface area contributed by atoms with E-state index in [9.17, 15) is 4.39 Å². The maximum Gasteiger partial charge on any atom is 0.166 e. The van der Waals surface area contributed by atoms with Gasteiger partial charge in [0.05, 0.1) is 17.3 Å². The highest BCUT2D eigenvalue weighted by Crippen LogP contribution is 2.24. The third-order valence-corrected chi connectivity index (χ3v) is 4.02. The lowest BCUT2D eigenvalue weighted by molar-refractivity contribution is 0.285. The summed E-state index contributed by atoms with van der Waals surface area (Å²) < 4.78 is 19.3. The lowest BCUT2D eigenvalue weighted by atomic mass is 9.94. The number of hydrogen-bond donors (Lipinski definition) is 1. The van der Waals surface area contributed by atoms with Gasteiger partial charge in [-0.1, -0.05) is 6.07 Å². The Morgan fingerprint density at radius 2 is 2.09 bits per heavy atom. The van der Waals surface area contributed by atoms with Gasteiger partial charge in [0.2, 0.25) is 0 Å². The average Bonchev–Trinajstić information content (AvgIpc) is 2.61. The zero-order valence-electron chi connectivity index (χ0n) is 12.8. The first-order chi connectivity index (χ1) is 11.3. The van der Waals surface area contributed by atoms with Crippen LogP contribution >= 0.6 is 0 Å². The smallest absolute Gasteiger partial charge is 0.166 e. The molecule has 4 nitrogen and oxygen atoms in total. The largest absolute Gasteiger partial charge is 0.484 e. The van der Waals surface area contributed by atoms with E-state index in [1.54, 1.807) is 0 Å². The van der Waals surface area contributed by atoms with Gasteiger partial charge in [0.25, 0.3) is 0 Å². The number of nitriles is 1. The van der Waals surface area contributed by atoms with Crippen LogP contribution in [-0.4, -0.2) is 18.1 Å². The first-order valence-corrected chi connectivity index (χ1v) is 7.75. The minimum absolute atomic E-state index is 0.137. The number of ether oxygens (including phenoxy) is 1. The number of rotatable bonds is 4. The van der Waals surface area contributed by atoms with Crippen LogP contribution in [0.2, 0.25) is 0 Å². The van der Waals surface area contributed by atoms with E-state index in [1.165, 1.54) is 18.2 Å². The standard InChI is InChI=1S/C18H18FN3O/c19-16-10-13(11-20)4-5-18(16)23-12-15-2-1-3-17(22-15)14-6-8-21-9-7-14/h1-5,10,14,21H,6-9,12H2. The molecule has 118 valence electrons.